The topological polar surface area (TPSA) is 55.2 Å². The predicted octanol–water partition coefficient (Wildman–Crippen LogP) is 3.38. The van der Waals surface area contributed by atoms with Gasteiger partial charge in [-0.3, -0.25) is 9.69 Å². The van der Waals surface area contributed by atoms with E-state index in [2.05, 4.69) is 4.98 Å². The molecule has 0 aliphatic carbocycles. The zero-order valence-electron chi connectivity index (χ0n) is 12.4. The van der Waals surface area contributed by atoms with Crippen molar-refractivity contribution in [1.82, 2.24) is 9.55 Å². The van der Waals surface area contributed by atoms with Crippen LogP contribution in [0.25, 0.3) is 0 Å². The summed E-state index contributed by atoms with van der Waals surface area (Å²) in [6, 6.07) is 12.3. The van der Waals surface area contributed by atoms with E-state index in [1.165, 1.54) is 0 Å². The first-order valence-electron chi connectivity index (χ1n) is 7.24. The van der Waals surface area contributed by atoms with Crippen molar-refractivity contribution >= 4 is 39.7 Å². The maximum Gasteiger partial charge on any atom is 0.251 e. The first-order chi connectivity index (χ1) is 11.6. The number of rotatable bonds is 2. The molecule has 24 heavy (non-hydrogen) atoms. The second-order valence-electron chi connectivity index (χ2n) is 5.31. The van der Waals surface area contributed by atoms with Crippen molar-refractivity contribution in [2.75, 3.05) is 4.90 Å². The first kappa shape index (κ1) is 15.1. The van der Waals surface area contributed by atoms with Crippen LogP contribution in [0.5, 0.6) is 0 Å². The number of hydrogen-bond donors (Lipinski definition) is 0. The van der Waals surface area contributed by atoms with Crippen molar-refractivity contribution in [2.24, 2.45) is 0 Å². The van der Waals surface area contributed by atoms with Crippen LogP contribution in [0.1, 0.15) is 0 Å². The molecule has 4 rings (SSSR count). The molecule has 0 spiro atoms. The highest BCUT2D eigenvalue weighted by Crippen LogP contribution is 2.43. The van der Waals surface area contributed by atoms with Crippen molar-refractivity contribution in [1.29, 1.82) is 0 Å². The third-order valence-electron chi connectivity index (χ3n) is 3.79. The van der Waals surface area contributed by atoms with Gasteiger partial charge in [-0.15, -0.1) is 0 Å². The van der Waals surface area contributed by atoms with Crippen LogP contribution >= 0.6 is 11.6 Å². The van der Waals surface area contributed by atoms with Gasteiger partial charge in [-0.05, 0) is 30.3 Å². The van der Waals surface area contributed by atoms with Crippen molar-refractivity contribution in [3.63, 3.8) is 0 Å². The Bertz CT molecular complexity index is 956. The standard InChI is InChI=1S/C17H12ClN3O2S/c18-12-5-6-16-14(9-12)21(17(22)10-20-8-7-19-11-20)13-3-1-2-4-15(13)24(16)23/h1-9,11H,10H2. The number of fused-ring (bicyclic) bond motifs is 2. The van der Waals surface area contributed by atoms with Crippen molar-refractivity contribution in [3.8, 4) is 0 Å². The van der Waals surface area contributed by atoms with Crippen LogP contribution in [0.15, 0.2) is 71.0 Å². The Labute approximate surface area is 146 Å². The molecule has 1 aromatic heterocycles. The molecule has 1 amide bonds. The number of imidazole rings is 1. The fraction of sp³-hybridized carbons (Fsp3) is 0.0588. The molecule has 0 fully saturated rings. The summed E-state index contributed by atoms with van der Waals surface area (Å²) in [5.74, 6) is -0.152. The van der Waals surface area contributed by atoms with Crippen LogP contribution in [-0.2, 0) is 22.1 Å². The normalized spacial score (nSPS) is 15.7. The zero-order chi connectivity index (χ0) is 16.7. The molecule has 2 aromatic carbocycles. The van der Waals surface area contributed by atoms with Crippen LogP contribution in [-0.4, -0.2) is 19.7 Å². The molecule has 0 saturated heterocycles. The van der Waals surface area contributed by atoms with Gasteiger partial charge in [0.25, 0.3) is 5.91 Å². The molecule has 0 bridgehead atoms. The number of para-hydroxylation sites is 1. The van der Waals surface area contributed by atoms with Crippen LogP contribution in [0, 0.1) is 0 Å². The van der Waals surface area contributed by atoms with Crippen LogP contribution in [0.2, 0.25) is 5.02 Å². The number of hydrogen-bond acceptors (Lipinski definition) is 3. The average molecular weight is 358 g/mol. The molecule has 1 unspecified atom stereocenters. The van der Waals surface area contributed by atoms with Gasteiger partial charge < -0.3 is 4.57 Å². The lowest BCUT2D eigenvalue weighted by Gasteiger charge is -2.31. The van der Waals surface area contributed by atoms with E-state index in [1.807, 2.05) is 12.1 Å². The smallest absolute Gasteiger partial charge is 0.251 e. The number of carbonyl (C=O) groups is 1. The van der Waals surface area contributed by atoms with Crippen LogP contribution in [0.4, 0.5) is 11.4 Å². The molecule has 3 aromatic rings. The summed E-state index contributed by atoms with van der Waals surface area (Å²) >= 11 is 6.11. The number of amides is 1. The lowest BCUT2D eigenvalue weighted by Crippen LogP contribution is -2.33. The van der Waals surface area contributed by atoms with E-state index in [0.29, 0.717) is 26.2 Å². The molecule has 0 radical (unpaired) electrons. The average Bonchev–Trinajstić information content (AvgIpc) is 3.08. The summed E-state index contributed by atoms with van der Waals surface area (Å²) in [4.78, 5) is 19.7. The highest BCUT2D eigenvalue weighted by atomic mass is 35.5. The minimum absolute atomic E-state index is 0.132. The summed E-state index contributed by atoms with van der Waals surface area (Å²) in [5.41, 5.74) is 1.18. The van der Waals surface area contributed by atoms with Gasteiger partial charge >= 0.3 is 0 Å². The van der Waals surface area contributed by atoms with Crippen molar-refractivity contribution < 1.29 is 9.00 Å². The molecule has 1 atom stereocenters. The van der Waals surface area contributed by atoms with E-state index in [0.717, 1.165) is 0 Å². The lowest BCUT2D eigenvalue weighted by molar-refractivity contribution is -0.118. The van der Waals surface area contributed by atoms with E-state index < -0.39 is 10.8 Å². The van der Waals surface area contributed by atoms with Gasteiger partial charge in [-0.25, -0.2) is 9.19 Å². The second-order valence-corrected chi connectivity index (χ2v) is 7.17. The Morgan fingerprint density at radius 3 is 2.71 bits per heavy atom. The minimum atomic E-state index is -1.35. The Balaban J connectivity index is 1.86. The van der Waals surface area contributed by atoms with Crippen LogP contribution in [0.3, 0.4) is 0 Å². The van der Waals surface area contributed by atoms with E-state index in [-0.39, 0.29) is 12.5 Å². The van der Waals surface area contributed by atoms with Gasteiger partial charge in [0.2, 0.25) is 0 Å². The van der Waals surface area contributed by atoms with E-state index in [4.69, 9.17) is 11.6 Å². The van der Waals surface area contributed by atoms with E-state index in [1.54, 1.807) is 58.5 Å². The maximum absolute atomic E-state index is 12.9. The SMILES string of the molecule is O=C(Cn1ccnc1)N1c2ccccc2S(=O)c2ccc(Cl)cc21. The number of halogens is 1. The molecular weight excluding hydrogens is 346 g/mol. The minimum Gasteiger partial charge on any atom is -0.328 e. The zero-order valence-corrected chi connectivity index (χ0v) is 14.0. The first-order valence-corrected chi connectivity index (χ1v) is 8.77. The van der Waals surface area contributed by atoms with Gasteiger partial charge in [0.15, 0.2) is 0 Å². The molecule has 1 aliphatic heterocycles. The lowest BCUT2D eigenvalue weighted by atomic mass is 10.2. The molecule has 0 N–H and O–H groups in total. The Morgan fingerprint density at radius 1 is 1.12 bits per heavy atom. The summed E-state index contributed by atoms with van der Waals surface area (Å²) < 4.78 is 14.5. The number of anilines is 2. The summed E-state index contributed by atoms with van der Waals surface area (Å²) in [6.45, 7) is 0.132. The van der Waals surface area contributed by atoms with Gasteiger partial charge in [0.1, 0.15) is 6.54 Å². The number of nitrogens with zero attached hydrogens (tertiary/aromatic N) is 3. The fourth-order valence-electron chi connectivity index (χ4n) is 2.74. The summed E-state index contributed by atoms with van der Waals surface area (Å²) in [7, 11) is -1.35. The molecule has 120 valence electrons. The number of benzene rings is 2. The fourth-order valence-corrected chi connectivity index (χ4v) is 4.23. The van der Waals surface area contributed by atoms with E-state index >= 15 is 0 Å². The monoisotopic (exact) mass is 357 g/mol. The Morgan fingerprint density at radius 2 is 1.92 bits per heavy atom. The third kappa shape index (κ3) is 2.44. The maximum atomic E-state index is 12.9. The van der Waals surface area contributed by atoms with Crippen molar-refractivity contribution in [3.05, 3.63) is 66.2 Å². The largest absolute Gasteiger partial charge is 0.328 e. The molecule has 5 nitrogen and oxygen atoms in total. The highest BCUT2D eigenvalue weighted by molar-refractivity contribution is 7.85. The van der Waals surface area contributed by atoms with Crippen molar-refractivity contribution in [2.45, 2.75) is 16.3 Å². The van der Waals surface area contributed by atoms with Gasteiger partial charge in [0.05, 0.1) is 38.3 Å². The molecule has 2 heterocycles. The Hall–Kier alpha value is -2.44. The van der Waals surface area contributed by atoms with Gasteiger partial charge in [0, 0.05) is 17.4 Å². The molecule has 0 saturated carbocycles. The molecule has 1 aliphatic rings. The molecular formula is C17H12ClN3O2S. The Kier molecular flexibility index (Phi) is 3.70. The van der Waals surface area contributed by atoms with Gasteiger partial charge in [-0.2, -0.15) is 0 Å². The highest BCUT2D eigenvalue weighted by Gasteiger charge is 2.31. The number of carbonyl (C=O) groups excluding carboxylic acids is 1. The summed E-state index contributed by atoms with van der Waals surface area (Å²) in [5, 5.41) is 0.491. The number of aromatic nitrogens is 2. The quantitative estimate of drug-likeness (QED) is 0.706. The second kappa shape index (κ2) is 5.89. The predicted molar refractivity (Wildman–Crippen MR) is 91.9 cm³/mol. The van der Waals surface area contributed by atoms with Crippen LogP contribution < -0.4 is 4.90 Å². The van der Waals surface area contributed by atoms with Gasteiger partial charge in [-0.1, -0.05) is 23.7 Å². The third-order valence-corrected chi connectivity index (χ3v) is 5.52. The summed E-state index contributed by atoms with van der Waals surface area (Å²) in [6.07, 6.45) is 4.94. The van der Waals surface area contributed by atoms with E-state index in [9.17, 15) is 9.00 Å². The molecule has 7 heteroatoms.